The van der Waals surface area contributed by atoms with Crippen LogP contribution in [0.4, 0.5) is 13.2 Å². The van der Waals surface area contributed by atoms with E-state index in [0.29, 0.717) is 5.39 Å². The first-order valence-corrected chi connectivity index (χ1v) is 4.52. The molecule has 0 aliphatic carbocycles. The first-order chi connectivity index (χ1) is 6.89. The predicted molar refractivity (Wildman–Crippen MR) is 52.7 cm³/mol. The number of rotatable bonds is 0. The van der Waals surface area contributed by atoms with E-state index in [9.17, 15) is 13.2 Å². The minimum Gasteiger partial charge on any atom is -0.350 e. The van der Waals surface area contributed by atoms with Gasteiger partial charge in [-0.25, -0.2) is 0 Å². The molecule has 0 aliphatic rings. The summed E-state index contributed by atoms with van der Waals surface area (Å²) in [5.74, 6) is 0. The van der Waals surface area contributed by atoms with Crippen molar-refractivity contribution in [3.8, 4) is 0 Å². The van der Waals surface area contributed by atoms with E-state index in [2.05, 4.69) is 0 Å². The molecule has 0 bridgehead atoms. The number of fused-ring (bicyclic) bond motifs is 1. The molecule has 0 radical (unpaired) electrons. The molecule has 80 valence electrons. The second-order valence-electron chi connectivity index (χ2n) is 3.65. The van der Waals surface area contributed by atoms with Crippen LogP contribution in [0.15, 0.2) is 24.4 Å². The van der Waals surface area contributed by atoms with E-state index >= 15 is 0 Å². The van der Waals surface area contributed by atoms with Crippen LogP contribution in [0.5, 0.6) is 0 Å². The van der Waals surface area contributed by atoms with Gasteiger partial charge in [0.05, 0.1) is 5.56 Å². The van der Waals surface area contributed by atoms with Gasteiger partial charge >= 0.3 is 6.18 Å². The summed E-state index contributed by atoms with van der Waals surface area (Å²) in [6.07, 6.45) is -2.44. The van der Waals surface area contributed by atoms with Gasteiger partial charge in [0, 0.05) is 24.1 Å². The van der Waals surface area contributed by atoms with E-state index in [4.69, 9.17) is 0 Å². The summed E-state index contributed by atoms with van der Waals surface area (Å²) >= 11 is 0. The van der Waals surface area contributed by atoms with Crippen LogP contribution < -0.4 is 0 Å². The van der Waals surface area contributed by atoms with Gasteiger partial charge in [0.15, 0.2) is 0 Å². The Bertz CT molecular complexity index is 508. The number of benzene rings is 1. The van der Waals surface area contributed by atoms with Crippen LogP contribution in [0.2, 0.25) is 0 Å². The molecule has 0 saturated heterocycles. The first-order valence-electron chi connectivity index (χ1n) is 4.52. The number of alkyl halides is 3. The molecule has 0 spiro atoms. The molecule has 0 unspecified atom stereocenters. The normalized spacial score (nSPS) is 12.3. The topological polar surface area (TPSA) is 4.93 Å². The fourth-order valence-electron chi connectivity index (χ4n) is 1.77. The minimum atomic E-state index is -4.27. The van der Waals surface area contributed by atoms with E-state index in [-0.39, 0.29) is 0 Å². The van der Waals surface area contributed by atoms with E-state index in [1.54, 1.807) is 0 Å². The van der Waals surface area contributed by atoms with E-state index in [1.807, 2.05) is 24.7 Å². The molecule has 0 atom stereocenters. The zero-order chi connectivity index (χ0) is 11.2. The van der Waals surface area contributed by atoms with Crippen molar-refractivity contribution in [1.29, 1.82) is 0 Å². The summed E-state index contributed by atoms with van der Waals surface area (Å²) < 4.78 is 39.2. The molecule has 1 aromatic heterocycles. The molecule has 1 heterocycles. The van der Waals surface area contributed by atoms with Crippen molar-refractivity contribution in [3.05, 3.63) is 35.5 Å². The number of aromatic nitrogens is 1. The molecule has 2 aromatic rings. The highest BCUT2D eigenvalue weighted by molar-refractivity contribution is 5.84. The quantitative estimate of drug-likeness (QED) is 0.631. The van der Waals surface area contributed by atoms with Crippen molar-refractivity contribution in [2.75, 3.05) is 0 Å². The molecule has 1 nitrogen and oxygen atoms in total. The van der Waals surface area contributed by atoms with Gasteiger partial charge in [0.25, 0.3) is 0 Å². The average molecular weight is 213 g/mol. The van der Waals surface area contributed by atoms with Crippen LogP contribution in [0, 0.1) is 6.92 Å². The molecular formula is C11H10F3N. The van der Waals surface area contributed by atoms with Gasteiger partial charge in [-0.2, -0.15) is 13.2 Å². The second kappa shape index (κ2) is 3.02. The molecule has 2 rings (SSSR count). The van der Waals surface area contributed by atoms with Crippen molar-refractivity contribution in [3.63, 3.8) is 0 Å². The van der Waals surface area contributed by atoms with Crippen molar-refractivity contribution in [2.24, 2.45) is 7.05 Å². The Morgan fingerprint density at radius 1 is 1.20 bits per heavy atom. The first kappa shape index (κ1) is 10.1. The summed E-state index contributed by atoms with van der Waals surface area (Å²) in [4.78, 5) is 0. The summed E-state index contributed by atoms with van der Waals surface area (Å²) in [7, 11) is 1.82. The van der Waals surface area contributed by atoms with Crippen molar-refractivity contribution in [2.45, 2.75) is 13.1 Å². The van der Waals surface area contributed by atoms with Crippen molar-refractivity contribution >= 4 is 10.9 Å². The third-order valence-electron chi connectivity index (χ3n) is 2.52. The standard InChI is InChI=1S/C11H10F3N/c1-7-6-15(2)10-4-3-8(5-9(7)10)11(12,13)14/h3-6H,1-2H3. The zero-order valence-electron chi connectivity index (χ0n) is 8.39. The van der Waals surface area contributed by atoms with Gasteiger partial charge in [0.1, 0.15) is 0 Å². The Labute approximate surface area is 85.1 Å². The van der Waals surface area contributed by atoms with Crippen LogP contribution >= 0.6 is 0 Å². The van der Waals surface area contributed by atoms with Crippen molar-refractivity contribution < 1.29 is 13.2 Å². The average Bonchev–Trinajstić information content (AvgIpc) is 2.41. The summed E-state index contributed by atoms with van der Waals surface area (Å²) in [5, 5.41) is 0.660. The van der Waals surface area contributed by atoms with Crippen LogP contribution in [0.3, 0.4) is 0 Å². The second-order valence-corrected chi connectivity index (χ2v) is 3.65. The minimum absolute atomic E-state index is 0.593. The maximum absolute atomic E-state index is 12.4. The number of halogens is 3. The van der Waals surface area contributed by atoms with Crippen LogP contribution in [0.25, 0.3) is 10.9 Å². The SMILES string of the molecule is Cc1cn(C)c2ccc(C(F)(F)F)cc12. The Balaban J connectivity index is 2.71. The third-order valence-corrected chi connectivity index (χ3v) is 2.52. The molecule has 15 heavy (non-hydrogen) atoms. The molecular weight excluding hydrogens is 203 g/mol. The Morgan fingerprint density at radius 2 is 1.87 bits per heavy atom. The number of nitrogens with zero attached hydrogens (tertiary/aromatic N) is 1. The lowest BCUT2D eigenvalue weighted by Gasteiger charge is -2.06. The molecule has 0 fully saturated rings. The summed E-state index contributed by atoms with van der Waals surface area (Å²) in [5.41, 5.74) is 1.09. The maximum Gasteiger partial charge on any atom is 0.416 e. The Kier molecular flexibility index (Phi) is 2.03. The van der Waals surface area contributed by atoms with Gasteiger partial charge in [-0.1, -0.05) is 0 Å². The number of hydrogen-bond acceptors (Lipinski definition) is 0. The summed E-state index contributed by atoms with van der Waals surface area (Å²) in [6.45, 7) is 1.81. The fourth-order valence-corrected chi connectivity index (χ4v) is 1.77. The van der Waals surface area contributed by atoms with Gasteiger partial charge in [0.2, 0.25) is 0 Å². The smallest absolute Gasteiger partial charge is 0.350 e. The number of hydrogen-bond donors (Lipinski definition) is 0. The van der Waals surface area contributed by atoms with E-state index < -0.39 is 11.7 Å². The highest BCUT2D eigenvalue weighted by atomic mass is 19.4. The van der Waals surface area contributed by atoms with Gasteiger partial charge in [-0.05, 0) is 30.7 Å². The highest BCUT2D eigenvalue weighted by Crippen LogP contribution is 2.32. The molecule has 0 N–H and O–H groups in total. The molecule has 0 aliphatic heterocycles. The van der Waals surface area contributed by atoms with Crippen LogP contribution in [0.1, 0.15) is 11.1 Å². The lowest BCUT2D eigenvalue weighted by Crippen LogP contribution is -2.04. The lowest BCUT2D eigenvalue weighted by molar-refractivity contribution is -0.137. The fraction of sp³-hybridized carbons (Fsp3) is 0.273. The van der Waals surface area contributed by atoms with Gasteiger partial charge < -0.3 is 4.57 Å². The van der Waals surface area contributed by atoms with E-state index in [0.717, 1.165) is 17.1 Å². The van der Waals surface area contributed by atoms with Gasteiger partial charge in [-0.3, -0.25) is 0 Å². The van der Waals surface area contributed by atoms with Gasteiger partial charge in [-0.15, -0.1) is 0 Å². The monoisotopic (exact) mass is 213 g/mol. The zero-order valence-corrected chi connectivity index (χ0v) is 8.39. The molecule has 0 amide bonds. The van der Waals surface area contributed by atoms with Crippen LogP contribution in [-0.2, 0) is 13.2 Å². The number of aryl methyl sites for hydroxylation is 2. The predicted octanol–water partition coefficient (Wildman–Crippen LogP) is 3.51. The van der Waals surface area contributed by atoms with Crippen LogP contribution in [-0.4, -0.2) is 4.57 Å². The van der Waals surface area contributed by atoms with Crippen molar-refractivity contribution in [1.82, 2.24) is 4.57 Å². The lowest BCUT2D eigenvalue weighted by atomic mass is 10.1. The third kappa shape index (κ3) is 1.60. The molecule has 1 aromatic carbocycles. The summed E-state index contributed by atoms with van der Waals surface area (Å²) in [6, 6.07) is 3.82. The molecule has 4 heteroatoms. The molecule has 0 saturated carbocycles. The van der Waals surface area contributed by atoms with E-state index in [1.165, 1.54) is 12.1 Å². The Morgan fingerprint density at radius 3 is 2.47 bits per heavy atom. The largest absolute Gasteiger partial charge is 0.416 e. The Hall–Kier alpha value is -1.45. The highest BCUT2D eigenvalue weighted by Gasteiger charge is 2.30. The maximum atomic E-state index is 12.4.